The molecule has 3 N–H and O–H groups in total. The molecule has 1 aliphatic carbocycles. The van der Waals surface area contributed by atoms with Crippen molar-refractivity contribution >= 4 is 29.1 Å². The lowest BCUT2D eigenvalue weighted by Gasteiger charge is -2.36. The highest BCUT2D eigenvalue weighted by molar-refractivity contribution is 6.31. The molecule has 0 aromatic heterocycles. The molecule has 3 aromatic carbocycles. The zero-order chi connectivity index (χ0) is 25.9. The first-order valence-corrected chi connectivity index (χ1v) is 12.6. The van der Waals surface area contributed by atoms with E-state index in [0.29, 0.717) is 38.9 Å². The van der Waals surface area contributed by atoms with Gasteiger partial charge < -0.3 is 25.4 Å². The van der Waals surface area contributed by atoms with E-state index in [9.17, 15) is 14.0 Å². The molecular formula is C28H27ClFN3O4. The molecule has 1 aliphatic heterocycles. The maximum atomic E-state index is 13.8. The summed E-state index contributed by atoms with van der Waals surface area (Å²) in [5, 5.41) is 3.30. The standard InChI is InChI=1S/C28H27ClFN3O4/c29-24-11-8-22(32-27(34)17-1-4-20(30)5-2-17)13-19(24)15-33(23-9-6-21(31)7-10-23)28(35)18-3-12-25-26(14-18)37-16-36-25/h1-5,8,11-14,21,23H,6-7,9-10,15-16,31H2,(H,32,34). The van der Waals surface area contributed by atoms with Crippen LogP contribution in [0.5, 0.6) is 11.5 Å². The summed E-state index contributed by atoms with van der Waals surface area (Å²) in [6.45, 7) is 0.384. The molecule has 1 saturated carbocycles. The van der Waals surface area contributed by atoms with Crippen molar-refractivity contribution in [2.45, 2.75) is 44.3 Å². The van der Waals surface area contributed by atoms with Crippen LogP contribution in [0.4, 0.5) is 10.1 Å². The number of nitrogens with one attached hydrogen (secondary N) is 1. The number of hydrogen-bond donors (Lipinski definition) is 2. The van der Waals surface area contributed by atoms with Crippen molar-refractivity contribution in [1.29, 1.82) is 0 Å². The van der Waals surface area contributed by atoms with E-state index < -0.39 is 5.82 Å². The summed E-state index contributed by atoms with van der Waals surface area (Å²) < 4.78 is 24.1. The molecule has 0 spiro atoms. The quantitative estimate of drug-likeness (QED) is 0.453. The Labute approximate surface area is 219 Å². The van der Waals surface area contributed by atoms with Crippen LogP contribution in [0.15, 0.2) is 60.7 Å². The number of hydrogen-bond acceptors (Lipinski definition) is 5. The second-order valence-corrected chi connectivity index (χ2v) is 9.74. The van der Waals surface area contributed by atoms with E-state index in [-0.39, 0.29) is 37.2 Å². The monoisotopic (exact) mass is 523 g/mol. The van der Waals surface area contributed by atoms with Gasteiger partial charge in [0.1, 0.15) is 5.82 Å². The summed E-state index contributed by atoms with van der Waals surface area (Å²) in [5.74, 6) is 0.221. The lowest BCUT2D eigenvalue weighted by molar-refractivity contribution is 0.0606. The fourth-order valence-corrected chi connectivity index (χ4v) is 4.91. The van der Waals surface area contributed by atoms with Crippen molar-refractivity contribution in [3.63, 3.8) is 0 Å². The van der Waals surface area contributed by atoms with Gasteiger partial charge in [-0.15, -0.1) is 0 Å². The van der Waals surface area contributed by atoms with Crippen LogP contribution < -0.4 is 20.5 Å². The van der Waals surface area contributed by atoms with Gasteiger partial charge in [-0.2, -0.15) is 0 Å². The first-order valence-electron chi connectivity index (χ1n) is 12.2. The summed E-state index contributed by atoms with van der Waals surface area (Å²) in [7, 11) is 0. The van der Waals surface area contributed by atoms with Crippen LogP contribution >= 0.6 is 11.6 Å². The molecule has 0 bridgehead atoms. The SMILES string of the molecule is NC1CCC(N(Cc2cc(NC(=O)c3ccc(F)cc3)ccc2Cl)C(=O)c2ccc3c(c2)OCO3)CC1. The molecule has 9 heteroatoms. The van der Waals surface area contributed by atoms with Crippen molar-refractivity contribution in [3.8, 4) is 11.5 Å². The number of amides is 2. The van der Waals surface area contributed by atoms with Crippen LogP contribution in [-0.4, -0.2) is 35.6 Å². The molecule has 2 amide bonds. The molecular weight excluding hydrogens is 497 g/mol. The maximum absolute atomic E-state index is 13.8. The molecule has 1 heterocycles. The number of nitrogens with zero attached hydrogens (tertiary/aromatic N) is 1. The highest BCUT2D eigenvalue weighted by Crippen LogP contribution is 2.34. The third-order valence-corrected chi connectivity index (χ3v) is 7.18. The molecule has 192 valence electrons. The lowest BCUT2D eigenvalue weighted by Crippen LogP contribution is -2.43. The van der Waals surface area contributed by atoms with Crippen LogP contribution in [0, 0.1) is 5.82 Å². The number of nitrogens with two attached hydrogens (primary N) is 1. The van der Waals surface area contributed by atoms with E-state index in [0.717, 1.165) is 25.7 Å². The third kappa shape index (κ3) is 5.70. The molecule has 0 radical (unpaired) electrons. The number of benzene rings is 3. The normalized spacial score (nSPS) is 18.4. The Morgan fingerprint density at radius 2 is 1.65 bits per heavy atom. The molecule has 0 saturated heterocycles. The van der Waals surface area contributed by atoms with Crippen LogP contribution in [0.1, 0.15) is 52.0 Å². The average Bonchev–Trinajstić information content (AvgIpc) is 3.37. The summed E-state index contributed by atoms with van der Waals surface area (Å²) >= 11 is 6.55. The van der Waals surface area contributed by atoms with Gasteiger partial charge in [-0.25, -0.2) is 4.39 Å². The fourth-order valence-electron chi connectivity index (χ4n) is 4.74. The van der Waals surface area contributed by atoms with Crippen LogP contribution in [0.2, 0.25) is 5.02 Å². The van der Waals surface area contributed by atoms with Gasteiger partial charge in [0, 0.05) is 40.5 Å². The summed E-state index contributed by atoms with van der Waals surface area (Å²) in [5.41, 5.74) is 8.17. The van der Waals surface area contributed by atoms with Gasteiger partial charge in [0.05, 0.1) is 0 Å². The van der Waals surface area contributed by atoms with E-state index >= 15 is 0 Å². The van der Waals surface area contributed by atoms with Crippen LogP contribution in [-0.2, 0) is 6.54 Å². The summed E-state index contributed by atoms with van der Waals surface area (Å²) in [4.78, 5) is 28.2. The van der Waals surface area contributed by atoms with Gasteiger partial charge in [0.2, 0.25) is 6.79 Å². The minimum absolute atomic E-state index is 0.00810. The highest BCUT2D eigenvalue weighted by atomic mass is 35.5. The largest absolute Gasteiger partial charge is 0.454 e. The minimum Gasteiger partial charge on any atom is -0.454 e. The van der Waals surface area contributed by atoms with Crippen molar-refractivity contribution in [3.05, 3.63) is 88.2 Å². The lowest BCUT2D eigenvalue weighted by atomic mass is 9.90. The third-order valence-electron chi connectivity index (χ3n) is 6.81. The first-order chi connectivity index (χ1) is 17.9. The van der Waals surface area contributed by atoms with Crippen molar-refractivity contribution in [1.82, 2.24) is 4.90 Å². The van der Waals surface area contributed by atoms with E-state index in [1.54, 1.807) is 36.4 Å². The predicted octanol–water partition coefficient (Wildman–Crippen LogP) is 5.37. The molecule has 2 aliphatic rings. The summed E-state index contributed by atoms with van der Waals surface area (Å²) in [6, 6.07) is 15.7. The fraction of sp³-hybridized carbons (Fsp3) is 0.286. The zero-order valence-electron chi connectivity index (χ0n) is 20.1. The molecule has 37 heavy (non-hydrogen) atoms. The van der Waals surface area contributed by atoms with E-state index in [1.165, 1.54) is 24.3 Å². The minimum atomic E-state index is -0.416. The first kappa shape index (κ1) is 25.0. The van der Waals surface area contributed by atoms with Gasteiger partial charge in [-0.1, -0.05) is 11.6 Å². The zero-order valence-corrected chi connectivity index (χ0v) is 20.8. The Kier molecular flexibility index (Phi) is 7.30. The number of fused-ring (bicyclic) bond motifs is 1. The Balaban J connectivity index is 1.40. The predicted molar refractivity (Wildman–Crippen MR) is 138 cm³/mol. The second-order valence-electron chi connectivity index (χ2n) is 9.34. The van der Waals surface area contributed by atoms with Gasteiger partial charge in [0.25, 0.3) is 11.8 Å². The number of carbonyl (C=O) groups is 2. The van der Waals surface area contributed by atoms with E-state index in [4.69, 9.17) is 26.8 Å². The number of anilines is 1. The number of carbonyl (C=O) groups excluding carboxylic acids is 2. The highest BCUT2D eigenvalue weighted by Gasteiger charge is 2.30. The van der Waals surface area contributed by atoms with Gasteiger partial charge in [-0.3, -0.25) is 9.59 Å². The Bertz CT molecular complexity index is 1310. The summed E-state index contributed by atoms with van der Waals surface area (Å²) in [6.07, 6.45) is 3.24. The molecule has 0 unspecified atom stereocenters. The number of rotatable bonds is 6. The van der Waals surface area contributed by atoms with Crippen molar-refractivity contribution in [2.75, 3.05) is 12.1 Å². The Hall–Kier alpha value is -3.62. The maximum Gasteiger partial charge on any atom is 0.255 e. The second kappa shape index (κ2) is 10.8. The topological polar surface area (TPSA) is 93.9 Å². The molecule has 0 atom stereocenters. The van der Waals surface area contributed by atoms with E-state index in [2.05, 4.69) is 5.32 Å². The Morgan fingerprint density at radius 1 is 0.946 bits per heavy atom. The molecule has 3 aromatic rings. The van der Waals surface area contributed by atoms with E-state index in [1.807, 2.05) is 4.90 Å². The van der Waals surface area contributed by atoms with Crippen molar-refractivity contribution < 1.29 is 23.5 Å². The molecule has 7 nitrogen and oxygen atoms in total. The van der Waals surface area contributed by atoms with Crippen LogP contribution in [0.3, 0.4) is 0 Å². The smallest absolute Gasteiger partial charge is 0.255 e. The van der Waals surface area contributed by atoms with Crippen LogP contribution in [0.25, 0.3) is 0 Å². The molecule has 1 fully saturated rings. The van der Waals surface area contributed by atoms with Gasteiger partial charge in [0.15, 0.2) is 11.5 Å². The molecule has 5 rings (SSSR count). The van der Waals surface area contributed by atoms with Crippen molar-refractivity contribution in [2.24, 2.45) is 5.73 Å². The Morgan fingerprint density at radius 3 is 2.41 bits per heavy atom. The average molecular weight is 524 g/mol. The number of halogens is 2. The van der Waals surface area contributed by atoms with Gasteiger partial charge in [-0.05, 0) is 91.9 Å². The number of ether oxygens (including phenoxy) is 2. The van der Waals surface area contributed by atoms with Gasteiger partial charge >= 0.3 is 0 Å².